The number of aromatic nitrogens is 1. The van der Waals surface area contributed by atoms with Crippen molar-refractivity contribution in [3.05, 3.63) is 76.6 Å². The van der Waals surface area contributed by atoms with Gasteiger partial charge in [0.2, 0.25) is 0 Å². The smallest absolute Gasteiger partial charge is 0.270 e. The molecule has 1 heterocycles. The fourth-order valence-electron chi connectivity index (χ4n) is 2.31. The Bertz CT molecular complexity index is 992. The van der Waals surface area contributed by atoms with Gasteiger partial charge in [0.05, 0.1) is 10.7 Å². The maximum Gasteiger partial charge on any atom is 0.270 e. The molecule has 0 saturated carbocycles. The molecule has 0 saturated heterocycles. The highest BCUT2D eigenvalue weighted by molar-refractivity contribution is 8.02. The van der Waals surface area contributed by atoms with Crippen molar-refractivity contribution < 1.29 is 4.79 Å². The van der Waals surface area contributed by atoms with E-state index in [0.717, 1.165) is 16.9 Å². The Balaban J connectivity index is 1.79. The van der Waals surface area contributed by atoms with Crippen molar-refractivity contribution in [2.45, 2.75) is 0 Å². The van der Waals surface area contributed by atoms with Crippen LogP contribution in [-0.2, 0) is 4.79 Å². The number of thioether (sulfide) groups is 1. The van der Waals surface area contributed by atoms with Crippen molar-refractivity contribution in [2.24, 2.45) is 0 Å². The number of carbonyl (C=O) groups excluding carboxylic acids is 1. The van der Waals surface area contributed by atoms with Crippen LogP contribution in [-0.4, -0.2) is 17.1 Å². The zero-order chi connectivity index (χ0) is 19.1. The quantitative estimate of drug-likeness (QED) is 0.458. The second kappa shape index (κ2) is 9.03. The third-order valence-electron chi connectivity index (χ3n) is 3.60. The number of nitrogens with zero attached hydrogens (tertiary/aromatic N) is 2. The summed E-state index contributed by atoms with van der Waals surface area (Å²) in [5.74, 6) is -0.487. The van der Waals surface area contributed by atoms with Gasteiger partial charge < -0.3 is 5.32 Å². The maximum absolute atomic E-state index is 12.6. The van der Waals surface area contributed by atoms with Gasteiger partial charge in [-0.05, 0) is 18.4 Å². The third kappa shape index (κ3) is 4.76. The normalized spacial score (nSPS) is 11.3. The largest absolute Gasteiger partial charge is 0.349 e. The molecule has 1 amide bonds. The second-order valence-electron chi connectivity index (χ2n) is 5.37. The number of thiazole rings is 1. The lowest BCUT2D eigenvalue weighted by Crippen LogP contribution is -2.16. The van der Waals surface area contributed by atoms with Crippen molar-refractivity contribution in [1.82, 2.24) is 4.98 Å². The first-order valence-electron chi connectivity index (χ1n) is 8.04. The van der Waals surface area contributed by atoms with Crippen LogP contribution < -0.4 is 10.6 Å². The van der Waals surface area contributed by atoms with Crippen molar-refractivity contribution in [1.29, 1.82) is 5.26 Å². The van der Waals surface area contributed by atoms with Crippen LogP contribution in [0.2, 0.25) is 0 Å². The molecule has 2 aromatic carbocycles. The van der Waals surface area contributed by atoms with E-state index in [2.05, 4.69) is 15.6 Å². The van der Waals surface area contributed by atoms with Crippen LogP contribution in [0.3, 0.4) is 0 Å². The first-order chi connectivity index (χ1) is 13.2. The summed E-state index contributed by atoms with van der Waals surface area (Å²) in [7, 11) is 0. The summed E-state index contributed by atoms with van der Waals surface area (Å²) < 4.78 is 0. The number of hydrogen-bond donors (Lipinski definition) is 2. The van der Waals surface area contributed by atoms with Crippen LogP contribution in [0.15, 0.2) is 76.6 Å². The maximum atomic E-state index is 12.6. The van der Waals surface area contributed by atoms with E-state index in [-0.39, 0.29) is 5.57 Å². The first-order valence-corrected chi connectivity index (χ1v) is 10.1. The summed E-state index contributed by atoms with van der Waals surface area (Å²) in [5, 5.41) is 18.1. The zero-order valence-corrected chi connectivity index (χ0v) is 16.1. The molecule has 0 aliphatic rings. The highest BCUT2D eigenvalue weighted by atomic mass is 32.2. The number of para-hydroxylation sites is 1. The Kier molecular flexibility index (Phi) is 6.26. The van der Waals surface area contributed by atoms with Gasteiger partial charge in [0.15, 0.2) is 5.13 Å². The molecule has 3 aromatic rings. The minimum atomic E-state index is -0.487. The highest BCUT2D eigenvalue weighted by Crippen LogP contribution is 2.26. The molecular formula is C20H16N4OS2. The minimum Gasteiger partial charge on any atom is -0.349 e. The Morgan fingerprint density at radius 2 is 1.74 bits per heavy atom. The van der Waals surface area contributed by atoms with E-state index in [0.29, 0.717) is 10.2 Å². The molecule has 0 unspecified atom stereocenters. The summed E-state index contributed by atoms with van der Waals surface area (Å²) >= 11 is 2.63. The number of carbonyl (C=O) groups is 1. The molecule has 7 heteroatoms. The van der Waals surface area contributed by atoms with E-state index in [9.17, 15) is 10.1 Å². The monoisotopic (exact) mass is 392 g/mol. The number of hydrogen-bond acceptors (Lipinski definition) is 6. The number of rotatable bonds is 6. The molecular weight excluding hydrogens is 376 g/mol. The van der Waals surface area contributed by atoms with E-state index in [4.69, 9.17) is 0 Å². The van der Waals surface area contributed by atoms with Crippen molar-refractivity contribution in [3.63, 3.8) is 0 Å². The highest BCUT2D eigenvalue weighted by Gasteiger charge is 2.17. The van der Waals surface area contributed by atoms with Gasteiger partial charge in [0, 0.05) is 16.6 Å². The van der Waals surface area contributed by atoms with Gasteiger partial charge in [0.1, 0.15) is 11.6 Å². The first kappa shape index (κ1) is 18.7. The zero-order valence-electron chi connectivity index (χ0n) is 14.5. The third-order valence-corrected chi connectivity index (χ3v) is 5.07. The van der Waals surface area contributed by atoms with E-state index < -0.39 is 5.91 Å². The predicted octanol–water partition coefficient (Wildman–Crippen LogP) is 4.96. The van der Waals surface area contributed by atoms with Crippen LogP contribution in [0.5, 0.6) is 0 Å². The Morgan fingerprint density at radius 1 is 1.07 bits per heavy atom. The summed E-state index contributed by atoms with van der Waals surface area (Å²) in [6, 6.07) is 21.1. The van der Waals surface area contributed by atoms with Gasteiger partial charge in [-0.25, -0.2) is 4.98 Å². The van der Waals surface area contributed by atoms with Gasteiger partial charge in [-0.3, -0.25) is 10.1 Å². The minimum absolute atomic E-state index is 0.0165. The topological polar surface area (TPSA) is 77.8 Å². The molecule has 0 radical (unpaired) electrons. The van der Waals surface area contributed by atoms with Gasteiger partial charge in [0.25, 0.3) is 5.91 Å². The number of benzene rings is 2. The van der Waals surface area contributed by atoms with E-state index in [1.54, 1.807) is 0 Å². The molecule has 5 nitrogen and oxygen atoms in total. The molecule has 0 spiro atoms. The summed E-state index contributed by atoms with van der Waals surface area (Å²) in [6.07, 6.45) is 1.81. The summed E-state index contributed by atoms with van der Waals surface area (Å²) in [5.41, 5.74) is 2.58. The summed E-state index contributed by atoms with van der Waals surface area (Å²) in [4.78, 5) is 17.0. The van der Waals surface area contributed by atoms with Gasteiger partial charge in [-0.15, -0.1) is 23.1 Å². The van der Waals surface area contributed by atoms with Crippen LogP contribution in [0.4, 0.5) is 10.8 Å². The van der Waals surface area contributed by atoms with Crippen LogP contribution in [0.1, 0.15) is 0 Å². The number of amides is 1. The molecule has 0 fully saturated rings. The van der Waals surface area contributed by atoms with E-state index in [1.807, 2.05) is 78.4 Å². The Hall–Kier alpha value is -3.08. The van der Waals surface area contributed by atoms with Crippen LogP contribution in [0, 0.1) is 11.3 Å². The van der Waals surface area contributed by atoms with Crippen molar-refractivity contribution in [3.8, 4) is 17.3 Å². The molecule has 0 aliphatic heterocycles. The Morgan fingerprint density at radius 3 is 2.37 bits per heavy atom. The van der Waals surface area contributed by atoms with Crippen molar-refractivity contribution in [2.75, 3.05) is 16.9 Å². The standard InChI is InChI=1S/C20H16N4OS2/c1-26-19(22-15-10-6-3-7-11-15)16(12-21)18(25)24-20-23-17(13-27-20)14-8-4-2-5-9-14/h2-11,13,22H,1H3,(H,23,24,25)/b19-16-. The lowest BCUT2D eigenvalue weighted by Gasteiger charge is -2.10. The van der Waals surface area contributed by atoms with Gasteiger partial charge in [-0.2, -0.15) is 5.26 Å². The molecule has 0 atom stereocenters. The molecule has 0 aliphatic carbocycles. The molecule has 0 bridgehead atoms. The lowest BCUT2D eigenvalue weighted by atomic mass is 10.2. The molecule has 27 heavy (non-hydrogen) atoms. The van der Waals surface area contributed by atoms with Gasteiger partial charge >= 0.3 is 0 Å². The molecule has 3 rings (SSSR count). The average molecular weight is 393 g/mol. The Labute approximate surface area is 165 Å². The fraction of sp³-hybridized carbons (Fsp3) is 0.0500. The van der Waals surface area contributed by atoms with Gasteiger partial charge in [-0.1, -0.05) is 48.5 Å². The second-order valence-corrected chi connectivity index (χ2v) is 7.04. The number of nitrogens with one attached hydrogen (secondary N) is 2. The number of anilines is 2. The SMILES string of the molecule is CS/C(Nc1ccccc1)=C(/C#N)C(=O)Nc1nc(-c2ccccc2)cs1. The van der Waals surface area contributed by atoms with Crippen LogP contribution >= 0.6 is 23.1 Å². The van der Waals surface area contributed by atoms with E-state index in [1.165, 1.54) is 23.1 Å². The average Bonchev–Trinajstić information content (AvgIpc) is 3.17. The molecule has 2 N–H and O–H groups in total. The van der Waals surface area contributed by atoms with Crippen LogP contribution in [0.25, 0.3) is 11.3 Å². The van der Waals surface area contributed by atoms with Crippen molar-refractivity contribution >= 4 is 39.8 Å². The lowest BCUT2D eigenvalue weighted by molar-refractivity contribution is -0.112. The van der Waals surface area contributed by atoms with E-state index >= 15 is 0 Å². The predicted molar refractivity (Wildman–Crippen MR) is 112 cm³/mol. The molecule has 1 aromatic heterocycles. The molecule has 134 valence electrons. The number of nitriles is 1. The summed E-state index contributed by atoms with van der Waals surface area (Å²) in [6.45, 7) is 0. The fourth-order valence-corrected chi connectivity index (χ4v) is 3.58.